The van der Waals surface area contributed by atoms with E-state index in [9.17, 15) is 13.6 Å². The van der Waals surface area contributed by atoms with Crippen LogP contribution in [0.1, 0.15) is 12.0 Å². The van der Waals surface area contributed by atoms with E-state index in [0.717, 1.165) is 5.56 Å². The standard InChI is InChI=1S/C16H16F2N2O/c17-13-6-4-12(5-7-13)11-19-9-8-16(21)20-15-3-1-2-14(18)10-15/h1-7,10,19H,8-9,11H2,(H,20,21). The zero-order chi connectivity index (χ0) is 15.1. The van der Waals surface area contributed by atoms with Gasteiger partial charge in [-0.2, -0.15) is 0 Å². The summed E-state index contributed by atoms with van der Waals surface area (Å²) >= 11 is 0. The summed E-state index contributed by atoms with van der Waals surface area (Å²) in [6.07, 6.45) is 0.276. The highest BCUT2D eigenvalue weighted by Crippen LogP contribution is 2.09. The zero-order valence-corrected chi connectivity index (χ0v) is 11.4. The number of carbonyl (C=O) groups excluding carboxylic acids is 1. The second kappa shape index (κ2) is 7.50. The monoisotopic (exact) mass is 290 g/mol. The van der Waals surface area contributed by atoms with Crippen LogP contribution in [0.4, 0.5) is 14.5 Å². The van der Waals surface area contributed by atoms with Crippen molar-refractivity contribution in [3.8, 4) is 0 Å². The van der Waals surface area contributed by atoms with Crippen molar-refractivity contribution >= 4 is 11.6 Å². The zero-order valence-electron chi connectivity index (χ0n) is 11.4. The van der Waals surface area contributed by atoms with Crippen LogP contribution < -0.4 is 10.6 Å². The third-order valence-corrected chi connectivity index (χ3v) is 2.88. The number of benzene rings is 2. The van der Waals surface area contributed by atoms with Crippen LogP contribution in [0.5, 0.6) is 0 Å². The molecule has 5 heteroatoms. The fourth-order valence-corrected chi connectivity index (χ4v) is 1.83. The predicted molar refractivity (Wildman–Crippen MR) is 77.8 cm³/mol. The molecule has 2 N–H and O–H groups in total. The van der Waals surface area contributed by atoms with Crippen LogP contribution in [0.15, 0.2) is 48.5 Å². The Kier molecular flexibility index (Phi) is 5.40. The first-order valence-electron chi connectivity index (χ1n) is 6.64. The summed E-state index contributed by atoms with van der Waals surface area (Å²) in [7, 11) is 0. The van der Waals surface area contributed by atoms with Crippen LogP contribution in [0.25, 0.3) is 0 Å². The van der Waals surface area contributed by atoms with Crippen molar-refractivity contribution < 1.29 is 13.6 Å². The summed E-state index contributed by atoms with van der Waals surface area (Å²) in [5.41, 5.74) is 1.39. The van der Waals surface area contributed by atoms with Gasteiger partial charge in [0.1, 0.15) is 11.6 Å². The topological polar surface area (TPSA) is 41.1 Å². The lowest BCUT2D eigenvalue weighted by molar-refractivity contribution is -0.116. The van der Waals surface area contributed by atoms with Gasteiger partial charge >= 0.3 is 0 Å². The van der Waals surface area contributed by atoms with Crippen molar-refractivity contribution in [2.24, 2.45) is 0 Å². The molecule has 21 heavy (non-hydrogen) atoms. The fraction of sp³-hybridized carbons (Fsp3) is 0.188. The van der Waals surface area contributed by atoms with Gasteiger partial charge in [-0.3, -0.25) is 4.79 Å². The number of rotatable bonds is 6. The maximum atomic E-state index is 12.9. The molecule has 0 unspecified atom stereocenters. The molecule has 110 valence electrons. The van der Waals surface area contributed by atoms with Crippen molar-refractivity contribution in [2.75, 3.05) is 11.9 Å². The van der Waals surface area contributed by atoms with Gasteiger partial charge in [0.15, 0.2) is 0 Å². The van der Waals surface area contributed by atoms with E-state index in [-0.39, 0.29) is 24.0 Å². The first-order valence-corrected chi connectivity index (χ1v) is 6.64. The second-order valence-corrected chi connectivity index (χ2v) is 4.61. The molecule has 1 amide bonds. The van der Waals surface area contributed by atoms with Crippen LogP contribution >= 0.6 is 0 Å². The number of carbonyl (C=O) groups is 1. The number of anilines is 1. The molecule has 0 fully saturated rings. The number of amides is 1. The Bertz CT molecular complexity index is 599. The molecule has 0 spiro atoms. The normalized spacial score (nSPS) is 10.4. The third-order valence-electron chi connectivity index (χ3n) is 2.88. The summed E-state index contributed by atoms with van der Waals surface area (Å²) in [5.74, 6) is -0.845. The minimum absolute atomic E-state index is 0.188. The Hall–Kier alpha value is -2.27. The van der Waals surface area contributed by atoms with Crippen molar-refractivity contribution in [1.29, 1.82) is 0 Å². The molecule has 2 aromatic carbocycles. The largest absolute Gasteiger partial charge is 0.326 e. The molecule has 0 heterocycles. The predicted octanol–water partition coefficient (Wildman–Crippen LogP) is 3.08. The summed E-state index contributed by atoms with van der Waals surface area (Å²) in [4.78, 5) is 11.7. The van der Waals surface area contributed by atoms with E-state index >= 15 is 0 Å². The van der Waals surface area contributed by atoms with Crippen LogP contribution in [0.3, 0.4) is 0 Å². The molecular formula is C16H16F2N2O. The summed E-state index contributed by atoms with van der Waals surface area (Å²) in [6.45, 7) is 1.05. The van der Waals surface area contributed by atoms with E-state index in [1.165, 1.54) is 30.3 Å². The second-order valence-electron chi connectivity index (χ2n) is 4.61. The molecule has 0 saturated heterocycles. The fourth-order valence-electron chi connectivity index (χ4n) is 1.83. The number of nitrogens with one attached hydrogen (secondary N) is 2. The number of halogens is 2. The molecule has 0 aliphatic carbocycles. The molecule has 3 nitrogen and oxygen atoms in total. The van der Waals surface area contributed by atoms with Gasteiger partial charge in [-0.25, -0.2) is 8.78 Å². The van der Waals surface area contributed by atoms with Crippen molar-refractivity contribution in [1.82, 2.24) is 5.32 Å². The van der Waals surface area contributed by atoms with Gasteiger partial charge in [0, 0.05) is 25.2 Å². The highest BCUT2D eigenvalue weighted by atomic mass is 19.1. The van der Waals surface area contributed by atoms with E-state index < -0.39 is 0 Å². The van der Waals surface area contributed by atoms with Crippen LogP contribution in [-0.2, 0) is 11.3 Å². The lowest BCUT2D eigenvalue weighted by atomic mass is 10.2. The van der Waals surface area contributed by atoms with Crippen molar-refractivity contribution in [3.05, 3.63) is 65.7 Å². The lowest BCUT2D eigenvalue weighted by Gasteiger charge is -2.07. The number of hydrogen-bond donors (Lipinski definition) is 2. The Morgan fingerprint density at radius 2 is 1.76 bits per heavy atom. The summed E-state index contributed by atoms with van der Waals surface area (Å²) < 4.78 is 25.7. The Labute approximate surface area is 122 Å². The number of hydrogen-bond acceptors (Lipinski definition) is 2. The van der Waals surface area contributed by atoms with Crippen LogP contribution in [0.2, 0.25) is 0 Å². The maximum Gasteiger partial charge on any atom is 0.225 e. The van der Waals surface area contributed by atoms with Gasteiger partial charge in [0.2, 0.25) is 5.91 Å². The van der Waals surface area contributed by atoms with E-state index in [1.807, 2.05) is 0 Å². The van der Waals surface area contributed by atoms with Crippen molar-refractivity contribution in [3.63, 3.8) is 0 Å². The molecule has 2 rings (SSSR count). The molecule has 0 saturated carbocycles. The minimum atomic E-state index is -0.387. The first kappa shape index (κ1) is 15.1. The average Bonchev–Trinajstić information content (AvgIpc) is 2.45. The van der Waals surface area contributed by atoms with E-state index in [2.05, 4.69) is 10.6 Å². The van der Waals surface area contributed by atoms with E-state index in [0.29, 0.717) is 18.8 Å². The van der Waals surface area contributed by atoms with Gasteiger partial charge in [-0.15, -0.1) is 0 Å². The quantitative estimate of drug-likeness (QED) is 0.803. The van der Waals surface area contributed by atoms with Crippen molar-refractivity contribution in [2.45, 2.75) is 13.0 Å². The molecule has 2 aromatic rings. The summed E-state index contributed by atoms with van der Waals surface area (Å²) in [5, 5.41) is 5.71. The Balaban J connectivity index is 1.68. The minimum Gasteiger partial charge on any atom is -0.326 e. The summed E-state index contributed by atoms with van der Waals surface area (Å²) in [6, 6.07) is 11.9. The first-order chi connectivity index (χ1) is 10.1. The van der Waals surface area contributed by atoms with Gasteiger partial charge in [-0.1, -0.05) is 18.2 Å². The SMILES string of the molecule is O=C(CCNCc1ccc(F)cc1)Nc1cccc(F)c1. The highest BCUT2D eigenvalue weighted by Gasteiger charge is 2.03. The third kappa shape index (κ3) is 5.31. The Morgan fingerprint density at radius 3 is 2.48 bits per heavy atom. The van der Waals surface area contributed by atoms with E-state index in [1.54, 1.807) is 18.2 Å². The molecule has 0 atom stereocenters. The molecule has 0 aliphatic heterocycles. The Morgan fingerprint density at radius 1 is 1.00 bits per heavy atom. The lowest BCUT2D eigenvalue weighted by Crippen LogP contribution is -2.21. The van der Waals surface area contributed by atoms with Gasteiger partial charge in [-0.05, 0) is 35.9 Å². The van der Waals surface area contributed by atoms with Crippen LogP contribution in [0, 0.1) is 11.6 Å². The van der Waals surface area contributed by atoms with Gasteiger partial charge < -0.3 is 10.6 Å². The molecule has 0 radical (unpaired) electrons. The highest BCUT2D eigenvalue weighted by molar-refractivity contribution is 5.90. The maximum absolute atomic E-state index is 12.9. The molecule has 0 aliphatic rings. The van der Waals surface area contributed by atoms with E-state index in [4.69, 9.17) is 0 Å². The molecule has 0 aromatic heterocycles. The molecule has 0 bridgehead atoms. The van der Waals surface area contributed by atoms with Crippen LogP contribution in [-0.4, -0.2) is 12.5 Å². The van der Waals surface area contributed by atoms with Gasteiger partial charge in [0.05, 0.1) is 0 Å². The van der Waals surface area contributed by atoms with Gasteiger partial charge in [0.25, 0.3) is 0 Å². The smallest absolute Gasteiger partial charge is 0.225 e. The average molecular weight is 290 g/mol. The molecular weight excluding hydrogens is 274 g/mol.